The minimum atomic E-state index is -0.600. The summed E-state index contributed by atoms with van der Waals surface area (Å²) < 4.78 is 12.9. The van der Waals surface area contributed by atoms with Gasteiger partial charge in [0.25, 0.3) is 5.56 Å². The van der Waals surface area contributed by atoms with E-state index in [-0.39, 0.29) is 5.56 Å². The number of benzene rings is 2. The number of methoxy groups -OCH3 is 1. The summed E-state index contributed by atoms with van der Waals surface area (Å²) in [6, 6.07) is 14.8. The van der Waals surface area contributed by atoms with Crippen LogP contribution in [-0.4, -0.2) is 21.8 Å². The smallest absolute Gasteiger partial charge is 0.342 e. The number of para-hydroxylation sites is 1. The number of fused-ring (bicyclic) bond motifs is 6. The highest BCUT2D eigenvalue weighted by Gasteiger charge is 2.37. The molecule has 7 nitrogen and oxygen atoms in total. The van der Waals surface area contributed by atoms with E-state index in [4.69, 9.17) is 9.15 Å². The van der Waals surface area contributed by atoms with Gasteiger partial charge in [0.15, 0.2) is 0 Å². The first-order valence-electron chi connectivity index (χ1n) is 9.91. The van der Waals surface area contributed by atoms with E-state index >= 15 is 0 Å². The lowest BCUT2D eigenvalue weighted by Gasteiger charge is -2.30. The number of anilines is 2. The van der Waals surface area contributed by atoms with Gasteiger partial charge >= 0.3 is 5.63 Å². The monoisotopic (exact) mass is 431 g/mol. The van der Waals surface area contributed by atoms with Gasteiger partial charge in [0.05, 0.1) is 29.8 Å². The molecule has 4 heterocycles. The van der Waals surface area contributed by atoms with Gasteiger partial charge in [0, 0.05) is 17.6 Å². The highest BCUT2D eigenvalue weighted by Crippen LogP contribution is 2.46. The molecule has 2 aromatic heterocycles. The average Bonchev–Trinajstić information content (AvgIpc) is 3.27. The minimum Gasteiger partial charge on any atom is -0.497 e. The van der Waals surface area contributed by atoms with Crippen molar-refractivity contribution in [2.24, 2.45) is 0 Å². The Morgan fingerprint density at radius 1 is 1.13 bits per heavy atom. The van der Waals surface area contributed by atoms with Gasteiger partial charge in [-0.25, -0.2) is 4.79 Å². The average molecular weight is 431 g/mol. The van der Waals surface area contributed by atoms with Crippen molar-refractivity contribution in [1.29, 1.82) is 0 Å². The molecule has 2 aliphatic heterocycles. The van der Waals surface area contributed by atoms with Crippen LogP contribution in [0.1, 0.15) is 28.4 Å². The molecular formula is C23H17N3O4S. The molecule has 1 N–H and O–H groups in total. The second kappa shape index (κ2) is 6.75. The van der Waals surface area contributed by atoms with Gasteiger partial charge in [-0.3, -0.25) is 8.77 Å². The van der Waals surface area contributed by atoms with Crippen molar-refractivity contribution < 1.29 is 9.15 Å². The van der Waals surface area contributed by atoms with Crippen LogP contribution in [0.25, 0.3) is 11.0 Å². The number of aromatic nitrogens is 2. The van der Waals surface area contributed by atoms with E-state index in [1.165, 1.54) is 0 Å². The molecule has 6 rings (SSSR count). The summed E-state index contributed by atoms with van der Waals surface area (Å²) in [7, 11) is 1.60. The number of ether oxygens (including phenoxy) is 1. The van der Waals surface area contributed by atoms with Gasteiger partial charge in [-0.15, -0.1) is 0 Å². The number of rotatable bonds is 2. The molecule has 0 amide bonds. The largest absolute Gasteiger partial charge is 0.497 e. The van der Waals surface area contributed by atoms with Crippen molar-refractivity contribution in [3.05, 3.63) is 91.8 Å². The van der Waals surface area contributed by atoms with Crippen LogP contribution in [0.2, 0.25) is 0 Å². The van der Waals surface area contributed by atoms with E-state index in [1.807, 2.05) is 46.4 Å². The highest BCUT2D eigenvalue weighted by atomic mass is 32.2. The summed E-state index contributed by atoms with van der Waals surface area (Å²) in [5, 5.41) is 4.20. The summed E-state index contributed by atoms with van der Waals surface area (Å²) in [5.41, 5.74) is 2.06. The van der Waals surface area contributed by atoms with Crippen molar-refractivity contribution in [3.63, 3.8) is 0 Å². The Morgan fingerprint density at radius 3 is 2.74 bits per heavy atom. The summed E-state index contributed by atoms with van der Waals surface area (Å²) in [5.74, 6) is 2.37. The van der Waals surface area contributed by atoms with Gasteiger partial charge in [0.2, 0.25) is 0 Å². The third-order valence-corrected chi connectivity index (χ3v) is 6.86. The van der Waals surface area contributed by atoms with E-state index < -0.39 is 11.5 Å². The fraction of sp³-hybridized carbons (Fsp3) is 0.174. The van der Waals surface area contributed by atoms with Gasteiger partial charge < -0.3 is 14.5 Å². The Morgan fingerprint density at radius 2 is 1.94 bits per heavy atom. The maximum absolute atomic E-state index is 13.2. The Bertz CT molecular complexity index is 1470. The van der Waals surface area contributed by atoms with Gasteiger partial charge in [-0.05, 0) is 41.8 Å². The van der Waals surface area contributed by atoms with Crippen LogP contribution in [0.5, 0.6) is 5.75 Å². The lowest BCUT2D eigenvalue weighted by atomic mass is 9.83. The number of nitrogens with one attached hydrogen (secondary N) is 1. The van der Waals surface area contributed by atoms with E-state index in [0.29, 0.717) is 34.0 Å². The zero-order valence-corrected chi connectivity index (χ0v) is 17.4. The highest BCUT2D eigenvalue weighted by molar-refractivity contribution is 7.98. The molecule has 2 aliphatic rings. The zero-order chi connectivity index (χ0) is 21.1. The number of aryl methyl sites for hydroxylation is 1. The van der Waals surface area contributed by atoms with Crippen molar-refractivity contribution in [3.8, 4) is 5.75 Å². The quantitative estimate of drug-likeness (QED) is 0.427. The van der Waals surface area contributed by atoms with Crippen LogP contribution < -0.4 is 21.2 Å². The Labute approximate surface area is 180 Å². The molecule has 0 saturated carbocycles. The van der Waals surface area contributed by atoms with Crippen LogP contribution in [0.3, 0.4) is 0 Å². The molecule has 0 fully saturated rings. The summed E-state index contributed by atoms with van der Waals surface area (Å²) in [4.78, 5) is 30.7. The lowest BCUT2D eigenvalue weighted by Crippen LogP contribution is -2.31. The molecule has 1 unspecified atom stereocenters. The van der Waals surface area contributed by atoms with Gasteiger partial charge in [-0.1, -0.05) is 24.3 Å². The van der Waals surface area contributed by atoms with Gasteiger partial charge in [-0.2, -0.15) is 4.98 Å². The van der Waals surface area contributed by atoms with Crippen LogP contribution in [-0.2, 0) is 6.42 Å². The molecule has 4 aromatic rings. The molecule has 0 bridgehead atoms. The maximum Gasteiger partial charge on any atom is 0.342 e. The maximum atomic E-state index is 13.2. The zero-order valence-electron chi connectivity index (χ0n) is 16.5. The molecule has 1 atom stereocenters. The first kappa shape index (κ1) is 18.3. The molecule has 0 aliphatic carbocycles. The molecule has 154 valence electrons. The van der Waals surface area contributed by atoms with Crippen LogP contribution >= 0.6 is 11.9 Å². The lowest BCUT2D eigenvalue weighted by molar-refractivity contribution is 0.414. The van der Waals surface area contributed by atoms with Crippen molar-refractivity contribution >= 4 is 34.4 Å². The van der Waals surface area contributed by atoms with Crippen molar-refractivity contribution in [2.45, 2.75) is 12.3 Å². The summed E-state index contributed by atoms with van der Waals surface area (Å²) in [6.07, 6.45) is 0.729. The van der Waals surface area contributed by atoms with E-state index in [9.17, 15) is 9.59 Å². The Hall–Kier alpha value is -3.52. The van der Waals surface area contributed by atoms with Crippen molar-refractivity contribution in [2.75, 3.05) is 18.2 Å². The minimum absolute atomic E-state index is 0.324. The van der Waals surface area contributed by atoms with E-state index in [0.717, 1.165) is 28.9 Å². The summed E-state index contributed by atoms with van der Waals surface area (Å²) in [6.45, 7) is 0. The standard InChI is InChI=1S/C23H17N3O4S/c1-29-13-8-6-12(7-9-13)17-18-20(14-4-2-3-5-15(14)30-23(18)28)25-21-19(17)22(27)24-16-10-11-31-26(16)21/h2-9,17,25H,10-11H2,1H3. The Kier molecular flexibility index (Phi) is 3.97. The van der Waals surface area contributed by atoms with Gasteiger partial charge in [0.1, 0.15) is 23.0 Å². The number of hydrogen-bond donors (Lipinski definition) is 1. The molecule has 0 saturated heterocycles. The van der Waals surface area contributed by atoms with Crippen LogP contribution in [0, 0.1) is 0 Å². The second-order valence-electron chi connectivity index (χ2n) is 7.48. The SMILES string of the molecule is COc1ccc(C2c3c(n4c(nc3=O)CCS4)Nc3c2c(=O)oc2ccccc32)cc1. The molecular weight excluding hydrogens is 414 g/mol. The first-order valence-corrected chi connectivity index (χ1v) is 10.9. The van der Waals surface area contributed by atoms with E-state index in [2.05, 4.69) is 10.3 Å². The third-order valence-electron chi connectivity index (χ3n) is 5.82. The molecule has 0 radical (unpaired) electrons. The van der Waals surface area contributed by atoms with E-state index in [1.54, 1.807) is 25.1 Å². The number of nitrogens with zero attached hydrogens (tertiary/aromatic N) is 2. The predicted octanol–water partition coefficient (Wildman–Crippen LogP) is 3.65. The molecule has 31 heavy (non-hydrogen) atoms. The topological polar surface area (TPSA) is 86.4 Å². The first-order chi connectivity index (χ1) is 15.2. The van der Waals surface area contributed by atoms with Crippen LogP contribution in [0.15, 0.2) is 62.5 Å². The normalized spacial score (nSPS) is 16.4. The fourth-order valence-corrected chi connectivity index (χ4v) is 5.43. The fourth-order valence-electron chi connectivity index (χ4n) is 4.42. The van der Waals surface area contributed by atoms with Crippen LogP contribution in [0.4, 0.5) is 11.5 Å². The molecule has 0 spiro atoms. The second-order valence-corrected chi connectivity index (χ2v) is 8.51. The van der Waals surface area contributed by atoms with Crippen molar-refractivity contribution in [1.82, 2.24) is 8.96 Å². The Balaban J connectivity index is 1.72. The molecule has 2 aromatic carbocycles. The molecule has 8 heteroatoms. The third kappa shape index (κ3) is 2.64. The number of hydrogen-bond acceptors (Lipinski definition) is 7. The predicted molar refractivity (Wildman–Crippen MR) is 120 cm³/mol. The summed E-state index contributed by atoms with van der Waals surface area (Å²) >= 11 is 1.61.